The lowest BCUT2D eigenvalue weighted by atomic mass is 10.0. The van der Waals surface area contributed by atoms with E-state index >= 15 is 0 Å². The van der Waals surface area contributed by atoms with Crippen molar-refractivity contribution in [1.29, 1.82) is 0 Å². The van der Waals surface area contributed by atoms with E-state index in [2.05, 4.69) is 32.7 Å². The summed E-state index contributed by atoms with van der Waals surface area (Å²) in [6, 6.07) is -0.0813. The molecule has 1 heterocycles. The fourth-order valence-electron chi connectivity index (χ4n) is 2.66. The van der Waals surface area contributed by atoms with Crippen LogP contribution in [-0.4, -0.2) is 9.55 Å². The maximum absolute atomic E-state index is 12.1. The van der Waals surface area contributed by atoms with Crippen molar-refractivity contribution in [3.05, 3.63) is 31.6 Å². The minimum absolute atomic E-state index is 0.0654. The highest BCUT2D eigenvalue weighted by Gasteiger charge is 2.66. The van der Waals surface area contributed by atoms with Crippen LogP contribution < -0.4 is 11.2 Å². The fourth-order valence-corrected chi connectivity index (χ4v) is 2.82. The molecule has 0 spiro atoms. The van der Waals surface area contributed by atoms with Crippen molar-refractivity contribution in [2.24, 2.45) is 10.8 Å². The van der Waals surface area contributed by atoms with E-state index in [-0.39, 0.29) is 27.6 Å². The van der Waals surface area contributed by atoms with Crippen molar-refractivity contribution in [2.75, 3.05) is 0 Å². The standard InChI is InChI=1S/C12H17ClN2O2/c1-6-7(13)14-10(17)15(8(6)16)9-11(2,3)12(9,4)5/h9H,1-5H3,(H,14,17). The first-order valence-electron chi connectivity index (χ1n) is 5.63. The average molecular weight is 257 g/mol. The van der Waals surface area contributed by atoms with Gasteiger partial charge in [-0.15, -0.1) is 0 Å². The van der Waals surface area contributed by atoms with Crippen LogP contribution in [0.25, 0.3) is 0 Å². The molecule has 1 aromatic heterocycles. The highest BCUT2D eigenvalue weighted by molar-refractivity contribution is 6.30. The predicted molar refractivity (Wildman–Crippen MR) is 67.7 cm³/mol. The molecule has 1 aliphatic carbocycles. The number of nitrogens with one attached hydrogen (secondary N) is 1. The van der Waals surface area contributed by atoms with E-state index < -0.39 is 5.69 Å². The normalized spacial score (nSPS) is 21.5. The van der Waals surface area contributed by atoms with E-state index in [0.717, 1.165) is 0 Å². The van der Waals surface area contributed by atoms with Gasteiger partial charge in [-0.3, -0.25) is 14.3 Å². The van der Waals surface area contributed by atoms with Gasteiger partial charge in [0.15, 0.2) is 0 Å². The Hall–Kier alpha value is -1.03. The second kappa shape index (κ2) is 3.25. The average Bonchev–Trinajstić information content (AvgIpc) is 2.58. The molecule has 1 fully saturated rings. The molecule has 0 unspecified atom stereocenters. The number of hydrogen-bond acceptors (Lipinski definition) is 2. The summed E-state index contributed by atoms with van der Waals surface area (Å²) in [5.74, 6) is 0. The van der Waals surface area contributed by atoms with Gasteiger partial charge in [-0.05, 0) is 17.8 Å². The van der Waals surface area contributed by atoms with Crippen molar-refractivity contribution in [3.63, 3.8) is 0 Å². The third-order valence-corrected chi connectivity index (χ3v) is 4.89. The van der Waals surface area contributed by atoms with Crippen LogP contribution in [0.2, 0.25) is 5.15 Å². The van der Waals surface area contributed by atoms with E-state index in [9.17, 15) is 9.59 Å². The summed E-state index contributed by atoms with van der Waals surface area (Å²) in [5.41, 5.74) is -0.449. The van der Waals surface area contributed by atoms with Gasteiger partial charge >= 0.3 is 5.69 Å². The Morgan fingerprint density at radius 2 is 1.65 bits per heavy atom. The molecule has 0 saturated heterocycles. The molecule has 1 saturated carbocycles. The number of aromatic nitrogens is 2. The molecule has 4 nitrogen and oxygen atoms in total. The molecule has 0 amide bonds. The molecule has 2 rings (SSSR count). The molecule has 17 heavy (non-hydrogen) atoms. The van der Waals surface area contributed by atoms with Crippen LogP contribution in [0.1, 0.15) is 39.3 Å². The van der Waals surface area contributed by atoms with Crippen LogP contribution in [0, 0.1) is 17.8 Å². The van der Waals surface area contributed by atoms with Gasteiger partial charge < -0.3 is 0 Å². The molecule has 0 bridgehead atoms. The number of nitrogens with zero attached hydrogens (tertiary/aromatic N) is 1. The molecule has 1 aliphatic rings. The zero-order valence-electron chi connectivity index (χ0n) is 10.7. The van der Waals surface area contributed by atoms with Gasteiger partial charge in [0.2, 0.25) is 0 Å². The molecule has 5 heteroatoms. The molecule has 0 aromatic carbocycles. The first-order valence-corrected chi connectivity index (χ1v) is 6.01. The molecule has 0 atom stereocenters. The van der Waals surface area contributed by atoms with Gasteiger partial charge in [-0.2, -0.15) is 0 Å². The van der Waals surface area contributed by atoms with Crippen LogP contribution in [0.3, 0.4) is 0 Å². The Bertz CT molecular complexity index is 582. The van der Waals surface area contributed by atoms with Gasteiger partial charge in [-0.1, -0.05) is 39.3 Å². The predicted octanol–water partition coefficient (Wildman–Crippen LogP) is 2.11. The minimum Gasteiger partial charge on any atom is -0.297 e. The number of H-pyrrole nitrogens is 1. The molecular weight excluding hydrogens is 240 g/mol. The van der Waals surface area contributed by atoms with Gasteiger partial charge in [0, 0.05) is 5.56 Å². The maximum Gasteiger partial charge on any atom is 0.329 e. The SMILES string of the molecule is Cc1c(Cl)[nH]c(=O)n(C2C(C)(C)C2(C)C)c1=O. The lowest BCUT2D eigenvalue weighted by Crippen LogP contribution is -2.37. The smallest absolute Gasteiger partial charge is 0.297 e. The summed E-state index contributed by atoms with van der Waals surface area (Å²) in [5, 5.41) is 0.132. The van der Waals surface area contributed by atoms with Crippen molar-refractivity contribution < 1.29 is 0 Å². The summed E-state index contributed by atoms with van der Waals surface area (Å²) >= 11 is 5.79. The molecule has 1 aromatic rings. The zero-order chi connectivity index (χ0) is 13.2. The van der Waals surface area contributed by atoms with Crippen LogP contribution in [0.5, 0.6) is 0 Å². The van der Waals surface area contributed by atoms with E-state index in [1.54, 1.807) is 6.92 Å². The second-order valence-corrected chi connectivity index (χ2v) is 6.27. The fraction of sp³-hybridized carbons (Fsp3) is 0.667. The highest BCUT2D eigenvalue weighted by atomic mass is 35.5. The Labute approximate surface area is 105 Å². The van der Waals surface area contributed by atoms with Gasteiger partial charge in [0.25, 0.3) is 5.56 Å². The van der Waals surface area contributed by atoms with Gasteiger partial charge in [-0.25, -0.2) is 4.79 Å². The molecule has 1 N–H and O–H groups in total. The van der Waals surface area contributed by atoms with Crippen molar-refractivity contribution in [2.45, 2.75) is 40.7 Å². The first kappa shape index (κ1) is 12.4. The zero-order valence-corrected chi connectivity index (χ0v) is 11.5. The Kier molecular flexibility index (Phi) is 2.38. The summed E-state index contributed by atoms with van der Waals surface area (Å²) in [6.45, 7) is 9.88. The van der Waals surface area contributed by atoms with Crippen molar-refractivity contribution in [1.82, 2.24) is 9.55 Å². The highest BCUT2D eigenvalue weighted by Crippen LogP contribution is 2.70. The maximum atomic E-state index is 12.1. The van der Waals surface area contributed by atoms with E-state index in [1.165, 1.54) is 4.57 Å². The van der Waals surface area contributed by atoms with Crippen LogP contribution >= 0.6 is 11.6 Å². The number of hydrogen-bond donors (Lipinski definition) is 1. The number of halogens is 1. The lowest BCUT2D eigenvalue weighted by molar-refractivity contribution is 0.457. The third-order valence-electron chi connectivity index (χ3n) is 4.51. The summed E-state index contributed by atoms with van der Waals surface area (Å²) in [4.78, 5) is 26.5. The van der Waals surface area contributed by atoms with Gasteiger partial charge in [0.1, 0.15) is 5.15 Å². The Morgan fingerprint density at radius 1 is 1.18 bits per heavy atom. The van der Waals surface area contributed by atoms with E-state index in [1.807, 2.05) is 0 Å². The summed E-state index contributed by atoms with van der Waals surface area (Å²) in [7, 11) is 0. The van der Waals surface area contributed by atoms with Crippen molar-refractivity contribution in [3.8, 4) is 0 Å². The second-order valence-electron chi connectivity index (χ2n) is 5.89. The Balaban J connectivity index is 2.69. The third kappa shape index (κ3) is 1.43. The lowest BCUT2D eigenvalue weighted by Gasteiger charge is -2.08. The monoisotopic (exact) mass is 256 g/mol. The van der Waals surface area contributed by atoms with Crippen molar-refractivity contribution >= 4 is 11.6 Å². The number of aromatic amines is 1. The summed E-state index contributed by atoms with van der Waals surface area (Å²) in [6.07, 6.45) is 0. The van der Waals surface area contributed by atoms with Crippen LogP contribution in [-0.2, 0) is 0 Å². The van der Waals surface area contributed by atoms with Gasteiger partial charge in [0.05, 0.1) is 6.04 Å². The topological polar surface area (TPSA) is 54.9 Å². The molecular formula is C12H17ClN2O2. The molecule has 0 radical (unpaired) electrons. The summed E-state index contributed by atoms with van der Waals surface area (Å²) < 4.78 is 1.31. The number of rotatable bonds is 1. The largest absolute Gasteiger partial charge is 0.329 e. The van der Waals surface area contributed by atoms with E-state index in [4.69, 9.17) is 11.6 Å². The van der Waals surface area contributed by atoms with E-state index in [0.29, 0.717) is 5.56 Å². The molecule has 0 aliphatic heterocycles. The quantitative estimate of drug-likeness (QED) is 0.783. The van der Waals surface area contributed by atoms with Crippen LogP contribution in [0.15, 0.2) is 9.59 Å². The molecule has 94 valence electrons. The minimum atomic E-state index is -0.422. The first-order chi connectivity index (χ1) is 7.62. The Morgan fingerprint density at radius 3 is 2.06 bits per heavy atom. The van der Waals surface area contributed by atoms with Crippen LogP contribution in [0.4, 0.5) is 0 Å².